The summed E-state index contributed by atoms with van der Waals surface area (Å²) in [5, 5.41) is 21.1. The van der Waals surface area contributed by atoms with E-state index in [1.807, 2.05) is 6.92 Å². The first-order valence-corrected chi connectivity index (χ1v) is 15.2. The van der Waals surface area contributed by atoms with Crippen LogP contribution in [0.1, 0.15) is 125 Å². The molecule has 2 N–H and O–H groups in total. The summed E-state index contributed by atoms with van der Waals surface area (Å²) in [4.78, 5) is 24.3. The van der Waals surface area contributed by atoms with Gasteiger partial charge in [-0.15, -0.1) is 0 Å². The fraction of sp³-hybridized carbons (Fsp3) is 0.935. The van der Waals surface area contributed by atoms with Gasteiger partial charge < -0.3 is 19.7 Å². The first kappa shape index (κ1) is 30.4. The number of fused-ring (bicyclic) bond motifs is 1. The first-order valence-electron chi connectivity index (χ1n) is 15.2. The minimum Gasteiger partial charge on any atom is -0.465 e. The highest BCUT2D eigenvalue weighted by molar-refractivity contribution is 5.74. The van der Waals surface area contributed by atoms with Crippen molar-refractivity contribution in [1.82, 2.24) is 0 Å². The van der Waals surface area contributed by atoms with Crippen LogP contribution in [0.5, 0.6) is 0 Å². The van der Waals surface area contributed by atoms with Gasteiger partial charge in [-0.05, 0) is 93.3 Å². The van der Waals surface area contributed by atoms with E-state index >= 15 is 0 Å². The number of carbonyl (C=O) groups is 2. The molecule has 3 aliphatic rings. The number of cyclic esters (lactones) is 1. The Morgan fingerprint density at radius 1 is 1.11 bits per heavy atom. The van der Waals surface area contributed by atoms with Gasteiger partial charge in [0.2, 0.25) is 0 Å². The van der Waals surface area contributed by atoms with Crippen LogP contribution < -0.4 is 0 Å². The number of aliphatic hydroxyl groups is 2. The minimum atomic E-state index is -0.739. The Bertz CT molecular complexity index is 754. The lowest BCUT2D eigenvalue weighted by atomic mass is 9.56. The minimum absolute atomic E-state index is 0.137. The van der Waals surface area contributed by atoms with Gasteiger partial charge in [0.15, 0.2) is 0 Å². The van der Waals surface area contributed by atoms with E-state index in [0.29, 0.717) is 49.0 Å². The fourth-order valence-electron chi connectivity index (χ4n) is 7.81. The number of hydrogen-bond acceptors (Lipinski definition) is 6. The molecule has 2 saturated carbocycles. The standard InChI is InChI=1S/C31H54O6/c1-6-8-21(2)26(22(3)11-12-28(34)37-31(5)15-16-36-29(35)20-31)10-7-9-23-19-30(4)14-13-25(32)17-24(30)18-27(23)33/h21-27,32-33H,6-20H2,1-5H3. The second-order valence-corrected chi connectivity index (χ2v) is 13.5. The number of carbonyl (C=O) groups excluding carboxylic acids is 2. The van der Waals surface area contributed by atoms with E-state index in [1.54, 1.807) is 0 Å². The molecule has 0 spiro atoms. The molecule has 0 aromatic heterocycles. The molecule has 3 rings (SSSR count). The fourth-order valence-corrected chi connectivity index (χ4v) is 7.81. The van der Waals surface area contributed by atoms with E-state index in [4.69, 9.17) is 9.47 Å². The Balaban J connectivity index is 1.49. The number of esters is 2. The lowest BCUT2D eigenvalue weighted by Gasteiger charge is -2.51. The molecule has 0 aromatic carbocycles. The molecule has 1 saturated heterocycles. The van der Waals surface area contributed by atoms with Crippen LogP contribution >= 0.6 is 0 Å². The highest BCUT2D eigenvalue weighted by atomic mass is 16.6. The van der Waals surface area contributed by atoms with E-state index in [-0.39, 0.29) is 36.0 Å². The summed E-state index contributed by atoms with van der Waals surface area (Å²) in [6.07, 6.45) is 11.8. The van der Waals surface area contributed by atoms with Crippen LogP contribution in [0.15, 0.2) is 0 Å². The molecule has 9 atom stereocenters. The van der Waals surface area contributed by atoms with Gasteiger partial charge in [-0.3, -0.25) is 9.59 Å². The molecule has 37 heavy (non-hydrogen) atoms. The van der Waals surface area contributed by atoms with Crippen LogP contribution in [0, 0.1) is 35.0 Å². The van der Waals surface area contributed by atoms with Gasteiger partial charge >= 0.3 is 11.9 Å². The third-order valence-electron chi connectivity index (χ3n) is 10.3. The van der Waals surface area contributed by atoms with E-state index in [1.165, 1.54) is 6.42 Å². The number of hydrogen-bond donors (Lipinski definition) is 2. The maximum absolute atomic E-state index is 12.7. The van der Waals surface area contributed by atoms with Gasteiger partial charge in [-0.1, -0.05) is 47.0 Å². The summed E-state index contributed by atoms with van der Waals surface area (Å²) in [6, 6.07) is 0. The predicted molar refractivity (Wildman–Crippen MR) is 145 cm³/mol. The van der Waals surface area contributed by atoms with Crippen LogP contribution in [0.4, 0.5) is 0 Å². The van der Waals surface area contributed by atoms with Crippen molar-refractivity contribution in [2.24, 2.45) is 35.0 Å². The van der Waals surface area contributed by atoms with Gasteiger partial charge in [-0.25, -0.2) is 0 Å². The molecule has 6 nitrogen and oxygen atoms in total. The average molecular weight is 523 g/mol. The first-order chi connectivity index (χ1) is 17.4. The summed E-state index contributed by atoms with van der Waals surface area (Å²) < 4.78 is 10.7. The third kappa shape index (κ3) is 8.42. The lowest BCUT2D eigenvalue weighted by Crippen LogP contribution is -2.46. The Hall–Kier alpha value is -1.14. The zero-order valence-electron chi connectivity index (χ0n) is 24.2. The second-order valence-electron chi connectivity index (χ2n) is 13.5. The molecule has 2 aliphatic carbocycles. The van der Waals surface area contributed by atoms with Crippen molar-refractivity contribution in [3.05, 3.63) is 0 Å². The smallest absolute Gasteiger partial charge is 0.309 e. The average Bonchev–Trinajstić information content (AvgIpc) is 2.81. The SMILES string of the molecule is CCCC(C)C(CCCC1CC2(C)CCC(O)CC2CC1O)C(C)CCC(=O)OC1(C)CCOC(=O)C1. The highest BCUT2D eigenvalue weighted by Gasteiger charge is 2.46. The van der Waals surface area contributed by atoms with Crippen LogP contribution in [0.2, 0.25) is 0 Å². The molecular formula is C31H54O6. The molecule has 0 aromatic rings. The van der Waals surface area contributed by atoms with Crippen molar-refractivity contribution in [3.8, 4) is 0 Å². The Morgan fingerprint density at radius 3 is 2.54 bits per heavy atom. The monoisotopic (exact) mass is 522 g/mol. The summed E-state index contributed by atoms with van der Waals surface area (Å²) >= 11 is 0. The van der Waals surface area contributed by atoms with E-state index in [0.717, 1.165) is 64.2 Å². The molecule has 3 fully saturated rings. The van der Waals surface area contributed by atoms with Crippen molar-refractivity contribution in [3.63, 3.8) is 0 Å². The Labute approximate surface area is 225 Å². The predicted octanol–water partition coefficient (Wildman–Crippen LogP) is 6.20. The van der Waals surface area contributed by atoms with Crippen molar-refractivity contribution in [2.45, 2.75) is 142 Å². The maximum atomic E-state index is 12.7. The summed E-state index contributed by atoms with van der Waals surface area (Å²) in [6.45, 7) is 11.4. The number of rotatable bonds is 12. The normalized spacial score (nSPS) is 36.7. The molecule has 6 heteroatoms. The zero-order chi connectivity index (χ0) is 27.2. The molecule has 0 bridgehead atoms. The maximum Gasteiger partial charge on any atom is 0.309 e. The number of aliphatic hydroxyl groups excluding tert-OH is 2. The Morgan fingerprint density at radius 2 is 1.84 bits per heavy atom. The molecule has 1 heterocycles. The van der Waals surface area contributed by atoms with Gasteiger partial charge in [-0.2, -0.15) is 0 Å². The molecule has 0 amide bonds. The second kappa shape index (κ2) is 13.3. The van der Waals surface area contributed by atoms with Crippen LogP contribution in [-0.4, -0.2) is 46.6 Å². The lowest BCUT2D eigenvalue weighted by molar-refractivity contribution is -0.175. The Kier molecular flexibility index (Phi) is 10.9. The number of ether oxygens (including phenoxy) is 2. The largest absolute Gasteiger partial charge is 0.465 e. The van der Waals surface area contributed by atoms with Crippen LogP contribution in [0.3, 0.4) is 0 Å². The molecule has 0 radical (unpaired) electrons. The van der Waals surface area contributed by atoms with E-state index in [9.17, 15) is 19.8 Å². The van der Waals surface area contributed by atoms with E-state index < -0.39 is 5.60 Å². The quantitative estimate of drug-likeness (QED) is 0.296. The van der Waals surface area contributed by atoms with E-state index in [2.05, 4.69) is 27.7 Å². The van der Waals surface area contributed by atoms with Gasteiger partial charge in [0.05, 0.1) is 25.2 Å². The molecule has 9 unspecified atom stereocenters. The molecular weight excluding hydrogens is 468 g/mol. The summed E-state index contributed by atoms with van der Waals surface area (Å²) in [5.74, 6) is 1.85. The highest BCUT2D eigenvalue weighted by Crippen LogP contribution is 2.53. The zero-order valence-corrected chi connectivity index (χ0v) is 24.2. The van der Waals surface area contributed by atoms with Crippen LogP contribution in [-0.2, 0) is 19.1 Å². The van der Waals surface area contributed by atoms with Crippen molar-refractivity contribution in [1.29, 1.82) is 0 Å². The van der Waals surface area contributed by atoms with Crippen molar-refractivity contribution < 1.29 is 29.3 Å². The third-order valence-corrected chi connectivity index (χ3v) is 10.3. The van der Waals surface area contributed by atoms with Crippen molar-refractivity contribution in [2.75, 3.05) is 6.61 Å². The van der Waals surface area contributed by atoms with Gasteiger partial charge in [0, 0.05) is 12.8 Å². The summed E-state index contributed by atoms with van der Waals surface area (Å²) in [7, 11) is 0. The van der Waals surface area contributed by atoms with Gasteiger partial charge in [0.25, 0.3) is 0 Å². The van der Waals surface area contributed by atoms with Crippen LogP contribution in [0.25, 0.3) is 0 Å². The summed E-state index contributed by atoms with van der Waals surface area (Å²) in [5.41, 5.74) is -0.477. The van der Waals surface area contributed by atoms with Gasteiger partial charge in [0.1, 0.15) is 5.60 Å². The molecule has 214 valence electrons. The molecule has 1 aliphatic heterocycles. The topological polar surface area (TPSA) is 93.1 Å². The van der Waals surface area contributed by atoms with Crippen molar-refractivity contribution >= 4 is 11.9 Å².